The van der Waals surface area contributed by atoms with Crippen molar-refractivity contribution in [1.29, 1.82) is 0 Å². The van der Waals surface area contributed by atoms with Gasteiger partial charge in [0.05, 0.1) is 21.8 Å². The Morgan fingerprint density at radius 3 is 0.574 bits per heavy atom. The molecule has 10 heteroatoms. The van der Waals surface area contributed by atoms with Crippen molar-refractivity contribution in [2.24, 2.45) is 0 Å². The molecule has 6 aromatic carbocycles. The second-order valence-electron chi connectivity index (χ2n) is 9.72. The largest absolute Gasteiger partial charge is 0.747 e. The monoisotopic (exact) mass is 700 g/mol. The van der Waals surface area contributed by atoms with E-state index in [0.717, 1.165) is 0 Å². The van der Waals surface area contributed by atoms with Crippen molar-refractivity contribution in [2.75, 3.05) is 5.08 Å². The molecular weight excluding hydrogens is 669 g/mol. The molecule has 240 valence electrons. The molecule has 6 nitrogen and oxygen atoms in total. The van der Waals surface area contributed by atoms with Gasteiger partial charge in [0, 0.05) is 0 Å². The summed E-state index contributed by atoms with van der Waals surface area (Å²) in [5.41, 5.74) is 0. The summed E-state index contributed by atoms with van der Waals surface area (Å²) in [6.07, 6.45) is 0. The zero-order valence-electron chi connectivity index (χ0n) is 25.1. The van der Waals surface area contributed by atoms with Crippen LogP contribution in [-0.2, 0) is 42.0 Å². The summed E-state index contributed by atoms with van der Waals surface area (Å²) < 4.78 is 57.1. The highest BCUT2D eigenvalue weighted by Gasteiger charge is 2.28. The highest BCUT2D eigenvalue weighted by atomic mass is 32.3. The molecule has 47 heavy (non-hydrogen) atoms. The molecule has 0 saturated carbocycles. The maximum atomic E-state index is 9.51. The fraction of sp³-hybridized carbons (Fsp3) is 0.0270. The molecule has 0 aliphatic carbocycles. The molecule has 0 radical (unpaired) electrons. The van der Waals surface area contributed by atoms with E-state index in [4.69, 9.17) is 0 Å². The lowest BCUT2D eigenvalue weighted by Crippen LogP contribution is -2.14. The quantitative estimate of drug-likeness (QED) is 0.119. The van der Waals surface area contributed by atoms with Crippen LogP contribution in [0.15, 0.2) is 211 Å². The molecular formula is C37H32O6S4. The topological polar surface area (TPSA) is 114 Å². The second-order valence-corrected chi connectivity index (χ2v) is 17.0. The minimum Gasteiger partial charge on any atom is -0.747 e. The maximum Gasteiger partial charge on any atom is 0.166 e. The van der Waals surface area contributed by atoms with Gasteiger partial charge in [-0.05, 0) is 72.8 Å². The Kier molecular flexibility index (Phi) is 13.4. The summed E-state index contributed by atoms with van der Waals surface area (Å²) >= 11 is 0. The Labute approximate surface area is 283 Å². The molecule has 0 saturated heterocycles. The number of rotatable bonds is 8. The maximum absolute atomic E-state index is 9.51. The van der Waals surface area contributed by atoms with Gasteiger partial charge in [-0.1, -0.05) is 109 Å². The molecule has 0 amide bonds. The van der Waals surface area contributed by atoms with Crippen molar-refractivity contribution >= 4 is 42.0 Å². The van der Waals surface area contributed by atoms with Crippen LogP contribution in [-0.4, -0.2) is 31.0 Å². The fourth-order valence-corrected chi connectivity index (χ4v) is 9.96. The summed E-state index contributed by atoms with van der Waals surface area (Å²) in [7, 11) is -9.89. The standard InChI is InChI=1S/2C18H15S.CH4O6S2/c2*1-4-10-16(11-5-1)19(17-12-6-2-7-13-17)18-14-8-3-9-15-18;2-8(3,4)1-9(5,6)7/h2*1-15H;1H2,(H,2,3,4)(H,5,6,7)/q2*+1;/p-2. The Morgan fingerprint density at radius 1 is 0.319 bits per heavy atom. The van der Waals surface area contributed by atoms with E-state index in [0.29, 0.717) is 0 Å². The molecule has 0 heterocycles. The third-order valence-electron chi connectivity index (χ3n) is 6.16. The van der Waals surface area contributed by atoms with Gasteiger partial charge in [0.25, 0.3) is 0 Å². The average molecular weight is 701 g/mol. The van der Waals surface area contributed by atoms with Crippen LogP contribution in [0.1, 0.15) is 0 Å². The van der Waals surface area contributed by atoms with Crippen LogP contribution >= 0.6 is 0 Å². The van der Waals surface area contributed by atoms with E-state index in [1.807, 2.05) is 0 Å². The van der Waals surface area contributed by atoms with E-state index in [9.17, 15) is 25.9 Å². The van der Waals surface area contributed by atoms with Gasteiger partial charge in [0.2, 0.25) is 0 Å². The van der Waals surface area contributed by atoms with Gasteiger partial charge in [-0.15, -0.1) is 0 Å². The van der Waals surface area contributed by atoms with E-state index in [-0.39, 0.29) is 21.8 Å². The van der Waals surface area contributed by atoms with Gasteiger partial charge in [0.1, 0.15) is 25.3 Å². The zero-order valence-corrected chi connectivity index (χ0v) is 28.4. The summed E-state index contributed by atoms with van der Waals surface area (Å²) in [5.74, 6) is 0. The lowest BCUT2D eigenvalue weighted by atomic mass is 10.4. The van der Waals surface area contributed by atoms with Crippen molar-refractivity contribution in [3.63, 3.8) is 0 Å². The van der Waals surface area contributed by atoms with Crippen molar-refractivity contribution in [3.8, 4) is 0 Å². The van der Waals surface area contributed by atoms with Crippen LogP contribution in [0, 0.1) is 0 Å². The number of hydrogen-bond acceptors (Lipinski definition) is 6. The summed E-state index contributed by atoms with van der Waals surface area (Å²) in [6.45, 7) is 0. The van der Waals surface area contributed by atoms with Crippen molar-refractivity contribution in [1.82, 2.24) is 0 Å². The normalized spacial score (nSPS) is 11.1. The van der Waals surface area contributed by atoms with Crippen molar-refractivity contribution < 1.29 is 25.9 Å². The Hall–Kier alpha value is -4.16. The van der Waals surface area contributed by atoms with Crippen molar-refractivity contribution in [3.05, 3.63) is 182 Å². The number of hydrogen-bond donors (Lipinski definition) is 0. The minimum absolute atomic E-state index is 0.0146. The molecule has 0 aliphatic rings. The summed E-state index contributed by atoms with van der Waals surface area (Å²) in [4.78, 5) is 8.17. The van der Waals surface area contributed by atoms with E-state index in [1.165, 1.54) is 29.4 Å². The predicted molar refractivity (Wildman–Crippen MR) is 187 cm³/mol. The number of benzene rings is 6. The van der Waals surface area contributed by atoms with Gasteiger partial charge in [0.15, 0.2) is 29.4 Å². The molecule has 0 aliphatic heterocycles. The zero-order chi connectivity index (χ0) is 33.5. The summed E-state index contributed by atoms with van der Waals surface area (Å²) in [6, 6.07) is 64.3. The first kappa shape index (κ1) is 35.7. The second kappa shape index (κ2) is 17.7. The third kappa shape index (κ3) is 12.2. The van der Waals surface area contributed by atoms with E-state index < -0.39 is 25.3 Å². The molecule has 0 aromatic heterocycles. The van der Waals surface area contributed by atoms with Crippen molar-refractivity contribution in [2.45, 2.75) is 29.4 Å². The lowest BCUT2D eigenvalue weighted by Gasteiger charge is -2.08. The Bertz CT molecular complexity index is 1640. The van der Waals surface area contributed by atoms with Gasteiger partial charge in [-0.25, -0.2) is 16.8 Å². The Morgan fingerprint density at radius 2 is 0.468 bits per heavy atom. The van der Waals surface area contributed by atoms with Gasteiger partial charge in [-0.3, -0.25) is 0 Å². The molecule has 0 spiro atoms. The first-order valence-corrected chi connectivity index (χ1v) is 19.9. The first-order chi connectivity index (χ1) is 22.6. The highest BCUT2D eigenvalue weighted by molar-refractivity contribution is 8.02. The minimum atomic E-state index is -4.93. The smallest absolute Gasteiger partial charge is 0.166 e. The van der Waals surface area contributed by atoms with E-state index >= 15 is 0 Å². The SMILES string of the molecule is O=S(=O)([O-])CS(=O)(=O)[O-].c1ccc([S+](c2ccccc2)c2ccccc2)cc1.c1ccc([S+](c2ccccc2)c2ccccc2)cc1. The molecule has 6 rings (SSSR count). The highest BCUT2D eigenvalue weighted by Crippen LogP contribution is 2.31. The average Bonchev–Trinajstić information content (AvgIpc) is 3.07. The van der Waals surface area contributed by atoms with E-state index in [2.05, 4.69) is 182 Å². The van der Waals surface area contributed by atoms with Gasteiger partial charge < -0.3 is 9.11 Å². The molecule has 6 aromatic rings. The first-order valence-electron chi connectivity index (χ1n) is 14.3. The fourth-order valence-electron chi connectivity index (χ4n) is 4.33. The molecule has 0 fully saturated rings. The Balaban J connectivity index is 0.000000171. The van der Waals surface area contributed by atoms with Crippen LogP contribution in [0.2, 0.25) is 0 Å². The van der Waals surface area contributed by atoms with Crippen LogP contribution in [0.5, 0.6) is 0 Å². The van der Waals surface area contributed by atoms with Crippen LogP contribution < -0.4 is 0 Å². The molecule has 0 atom stereocenters. The van der Waals surface area contributed by atoms with Gasteiger partial charge >= 0.3 is 0 Å². The third-order valence-corrected chi connectivity index (χ3v) is 12.9. The summed E-state index contributed by atoms with van der Waals surface area (Å²) in [5, 5.41) is -1.88. The molecule has 0 N–H and O–H groups in total. The molecule has 0 bridgehead atoms. The van der Waals surface area contributed by atoms with Crippen LogP contribution in [0.25, 0.3) is 0 Å². The predicted octanol–water partition coefficient (Wildman–Crippen LogP) is 7.60. The van der Waals surface area contributed by atoms with Crippen LogP contribution in [0.3, 0.4) is 0 Å². The van der Waals surface area contributed by atoms with Gasteiger partial charge in [-0.2, -0.15) is 0 Å². The van der Waals surface area contributed by atoms with Crippen LogP contribution in [0.4, 0.5) is 0 Å². The lowest BCUT2D eigenvalue weighted by molar-refractivity contribution is 0.451. The van der Waals surface area contributed by atoms with E-state index in [1.54, 1.807) is 0 Å². The molecule has 0 unspecified atom stereocenters.